The molecule has 1 saturated heterocycles. The van der Waals surface area contributed by atoms with Crippen molar-refractivity contribution in [1.29, 1.82) is 0 Å². The Kier molecular flexibility index (Phi) is 4.53. The minimum absolute atomic E-state index is 0.159. The van der Waals surface area contributed by atoms with Gasteiger partial charge in [0.05, 0.1) is 0 Å². The van der Waals surface area contributed by atoms with Crippen LogP contribution in [0.3, 0.4) is 0 Å². The number of hydrogen-bond donors (Lipinski definition) is 1. The summed E-state index contributed by atoms with van der Waals surface area (Å²) in [4.78, 5) is 6.29. The van der Waals surface area contributed by atoms with Gasteiger partial charge in [0.15, 0.2) is 11.6 Å². The Morgan fingerprint density at radius 3 is 2.83 bits per heavy atom. The number of anilines is 1. The summed E-state index contributed by atoms with van der Waals surface area (Å²) in [7, 11) is 0. The lowest BCUT2D eigenvalue weighted by Gasteiger charge is -2.31. The Bertz CT molecular complexity index is 387. The van der Waals surface area contributed by atoms with Gasteiger partial charge in [-0.1, -0.05) is 13.8 Å². The lowest BCUT2D eigenvalue weighted by Crippen LogP contribution is -2.34. The third-order valence-electron chi connectivity index (χ3n) is 3.60. The van der Waals surface area contributed by atoms with Crippen molar-refractivity contribution in [3.05, 3.63) is 23.6 Å². The zero-order chi connectivity index (χ0) is 13.0. The highest BCUT2D eigenvalue weighted by Gasteiger charge is 2.20. The Morgan fingerprint density at radius 1 is 1.44 bits per heavy atom. The lowest BCUT2D eigenvalue weighted by molar-refractivity contribution is 0.431. The van der Waals surface area contributed by atoms with Gasteiger partial charge in [-0.05, 0) is 31.4 Å². The molecule has 0 saturated carbocycles. The molecule has 0 spiro atoms. The van der Waals surface area contributed by atoms with Crippen LogP contribution in [0, 0.1) is 11.7 Å². The summed E-state index contributed by atoms with van der Waals surface area (Å²) in [5, 5.41) is 3.16. The summed E-state index contributed by atoms with van der Waals surface area (Å²) in [6, 6.07) is 1.76. The largest absolute Gasteiger partial charge is 0.354 e. The summed E-state index contributed by atoms with van der Waals surface area (Å²) in [5.74, 6) is 1.11. The van der Waals surface area contributed by atoms with E-state index < -0.39 is 0 Å². The van der Waals surface area contributed by atoms with Crippen molar-refractivity contribution >= 4 is 5.82 Å². The van der Waals surface area contributed by atoms with Crippen molar-refractivity contribution < 1.29 is 4.39 Å². The van der Waals surface area contributed by atoms with Gasteiger partial charge in [0.2, 0.25) is 0 Å². The second kappa shape index (κ2) is 6.14. The van der Waals surface area contributed by atoms with Crippen molar-refractivity contribution in [3.8, 4) is 0 Å². The minimum atomic E-state index is -0.159. The summed E-state index contributed by atoms with van der Waals surface area (Å²) >= 11 is 0. The quantitative estimate of drug-likeness (QED) is 0.891. The molecule has 2 rings (SSSR count). The average Bonchev–Trinajstić information content (AvgIpc) is 2.39. The van der Waals surface area contributed by atoms with Gasteiger partial charge < -0.3 is 10.2 Å². The fourth-order valence-corrected chi connectivity index (χ4v) is 2.31. The molecule has 1 aromatic rings. The van der Waals surface area contributed by atoms with Crippen molar-refractivity contribution in [2.24, 2.45) is 5.92 Å². The first kappa shape index (κ1) is 13.3. The number of pyridine rings is 1. The van der Waals surface area contributed by atoms with E-state index in [-0.39, 0.29) is 5.82 Å². The lowest BCUT2D eigenvalue weighted by atomic mass is 9.99. The Labute approximate surface area is 108 Å². The van der Waals surface area contributed by atoms with E-state index in [1.54, 1.807) is 12.3 Å². The van der Waals surface area contributed by atoms with Crippen molar-refractivity contribution in [3.63, 3.8) is 0 Å². The molecule has 0 atom stereocenters. The molecule has 1 aromatic heterocycles. The van der Waals surface area contributed by atoms with Crippen LogP contribution in [0.2, 0.25) is 0 Å². The number of aromatic nitrogens is 1. The van der Waals surface area contributed by atoms with Crippen molar-refractivity contribution in [2.45, 2.75) is 33.2 Å². The van der Waals surface area contributed by atoms with Crippen LogP contribution in [0.4, 0.5) is 10.2 Å². The van der Waals surface area contributed by atoms with E-state index in [0.29, 0.717) is 17.9 Å². The van der Waals surface area contributed by atoms with E-state index in [4.69, 9.17) is 0 Å². The second-order valence-electron chi connectivity index (χ2n) is 5.06. The first-order chi connectivity index (χ1) is 8.72. The van der Waals surface area contributed by atoms with Gasteiger partial charge in [0.25, 0.3) is 0 Å². The highest BCUT2D eigenvalue weighted by Crippen LogP contribution is 2.25. The van der Waals surface area contributed by atoms with Gasteiger partial charge in [-0.2, -0.15) is 0 Å². The molecule has 2 heterocycles. The fourth-order valence-electron chi connectivity index (χ4n) is 2.31. The summed E-state index contributed by atoms with van der Waals surface area (Å²) < 4.78 is 14.3. The first-order valence-electron chi connectivity index (χ1n) is 6.81. The van der Waals surface area contributed by atoms with Gasteiger partial charge in [-0.25, -0.2) is 9.37 Å². The van der Waals surface area contributed by atoms with E-state index >= 15 is 0 Å². The van der Waals surface area contributed by atoms with Gasteiger partial charge in [-0.15, -0.1) is 0 Å². The summed E-state index contributed by atoms with van der Waals surface area (Å²) in [5.41, 5.74) is 0.709. The number of piperidine rings is 1. The molecule has 1 aliphatic heterocycles. The standard InChI is InChI=1S/C14H22FN3/c1-3-16-10-12-4-7-17-14(13(12)15)18-8-5-11(2)6-9-18/h4,7,11,16H,3,5-6,8-10H2,1-2H3. The molecule has 0 aromatic carbocycles. The molecule has 0 amide bonds. The molecule has 1 aliphatic rings. The SMILES string of the molecule is CCNCc1ccnc(N2CCC(C)CC2)c1F. The molecular weight excluding hydrogens is 229 g/mol. The second-order valence-corrected chi connectivity index (χ2v) is 5.06. The fraction of sp³-hybridized carbons (Fsp3) is 0.643. The zero-order valence-electron chi connectivity index (χ0n) is 11.2. The predicted molar refractivity (Wildman–Crippen MR) is 72.2 cm³/mol. The van der Waals surface area contributed by atoms with Gasteiger partial charge in [0, 0.05) is 31.4 Å². The maximum Gasteiger partial charge on any atom is 0.170 e. The maximum absolute atomic E-state index is 14.3. The molecule has 0 unspecified atom stereocenters. The van der Waals surface area contributed by atoms with E-state index in [2.05, 4.69) is 22.1 Å². The summed E-state index contributed by atoms with van der Waals surface area (Å²) in [6.45, 7) is 7.51. The molecule has 100 valence electrons. The van der Waals surface area contributed by atoms with Gasteiger partial charge in [-0.3, -0.25) is 0 Å². The van der Waals surface area contributed by atoms with E-state index in [1.165, 1.54) is 0 Å². The third kappa shape index (κ3) is 2.99. The number of nitrogens with zero attached hydrogens (tertiary/aromatic N) is 2. The third-order valence-corrected chi connectivity index (χ3v) is 3.60. The van der Waals surface area contributed by atoms with Crippen LogP contribution in [0.5, 0.6) is 0 Å². The van der Waals surface area contributed by atoms with E-state index in [1.807, 2.05) is 6.92 Å². The minimum Gasteiger partial charge on any atom is -0.354 e. The number of halogens is 1. The van der Waals surface area contributed by atoms with E-state index in [9.17, 15) is 4.39 Å². The molecule has 1 N–H and O–H groups in total. The zero-order valence-corrected chi connectivity index (χ0v) is 11.2. The molecule has 1 fully saturated rings. The number of hydrogen-bond acceptors (Lipinski definition) is 3. The Morgan fingerprint density at radius 2 is 2.17 bits per heavy atom. The first-order valence-corrected chi connectivity index (χ1v) is 6.81. The van der Waals surface area contributed by atoms with Gasteiger partial charge in [0.1, 0.15) is 0 Å². The van der Waals surface area contributed by atoms with Crippen LogP contribution < -0.4 is 10.2 Å². The molecule has 4 heteroatoms. The molecule has 0 bridgehead atoms. The maximum atomic E-state index is 14.3. The van der Waals surface area contributed by atoms with E-state index in [0.717, 1.165) is 38.4 Å². The van der Waals surface area contributed by atoms with Crippen LogP contribution >= 0.6 is 0 Å². The van der Waals surface area contributed by atoms with Crippen LogP contribution in [0.15, 0.2) is 12.3 Å². The molecular formula is C14H22FN3. The highest BCUT2D eigenvalue weighted by atomic mass is 19.1. The molecule has 0 aliphatic carbocycles. The predicted octanol–water partition coefficient (Wildman–Crippen LogP) is 2.57. The highest BCUT2D eigenvalue weighted by molar-refractivity contribution is 5.43. The van der Waals surface area contributed by atoms with Crippen molar-refractivity contribution in [1.82, 2.24) is 10.3 Å². The van der Waals surface area contributed by atoms with Crippen LogP contribution in [0.25, 0.3) is 0 Å². The van der Waals surface area contributed by atoms with Gasteiger partial charge >= 0.3 is 0 Å². The van der Waals surface area contributed by atoms with Crippen LogP contribution in [-0.4, -0.2) is 24.6 Å². The molecule has 3 nitrogen and oxygen atoms in total. The Balaban J connectivity index is 2.12. The monoisotopic (exact) mass is 251 g/mol. The average molecular weight is 251 g/mol. The smallest absolute Gasteiger partial charge is 0.170 e. The van der Waals surface area contributed by atoms with Crippen LogP contribution in [0.1, 0.15) is 32.3 Å². The Hall–Kier alpha value is -1.16. The summed E-state index contributed by atoms with van der Waals surface area (Å²) in [6.07, 6.45) is 3.96. The van der Waals surface area contributed by atoms with Crippen molar-refractivity contribution in [2.75, 3.05) is 24.5 Å². The topological polar surface area (TPSA) is 28.2 Å². The molecule has 18 heavy (non-hydrogen) atoms. The normalized spacial score (nSPS) is 17.2. The number of nitrogens with one attached hydrogen (secondary N) is 1. The molecule has 0 radical (unpaired) electrons. The number of rotatable bonds is 4. The van der Waals surface area contributed by atoms with Crippen LogP contribution in [-0.2, 0) is 6.54 Å².